The standard InChI is InChI=1S/C9H14N2O2S/c1-8(7-10)14(12,13)11-9-5-3-2-4-6-9/h2-6,8,11H,7,10H2,1H3. The molecular formula is C9H14N2O2S. The summed E-state index contributed by atoms with van der Waals surface area (Å²) in [5, 5.41) is -0.581. The van der Waals surface area contributed by atoms with Crippen molar-refractivity contribution in [3.8, 4) is 0 Å². The van der Waals surface area contributed by atoms with Gasteiger partial charge in [-0.25, -0.2) is 8.42 Å². The highest BCUT2D eigenvalue weighted by atomic mass is 32.2. The topological polar surface area (TPSA) is 72.2 Å². The Kier molecular flexibility index (Phi) is 3.49. The van der Waals surface area contributed by atoms with Crippen LogP contribution in [0.1, 0.15) is 6.92 Å². The SMILES string of the molecule is CC(CN)S(=O)(=O)Nc1ccccc1. The minimum Gasteiger partial charge on any atom is -0.329 e. The number of nitrogens with two attached hydrogens (primary N) is 1. The fourth-order valence-electron chi connectivity index (χ4n) is 0.898. The molecule has 0 aliphatic carbocycles. The van der Waals surface area contributed by atoms with Crippen LogP contribution in [0.2, 0.25) is 0 Å². The number of hydrogen-bond acceptors (Lipinski definition) is 3. The molecule has 78 valence electrons. The molecule has 14 heavy (non-hydrogen) atoms. The first kappa shape index (κ1) is 11.0. The second-order valence-electron chi connectivity index (χ2n) is 3.06. The molecule has 0 amide bonds. The summed E-state index contributed by atoms with van der Waals surface area (Å²) in [6.07, 6.45) is 0. The minimum atomic E-state index is -3.34. The van der Waals surface area contributed by atoms with Gasteiger partial charge in [0.2, 0.25) is 10.0 Å². The minimum absolute atomic E-state index is 0.113. The van der Waals surface area contributed by atoms with Crippen LogP contribution in [0.25, 0.3) is 0 Å². The van der Waals surface area contributed by atoms with Gasteiger partial charge in [-0.3, -0.25) is 4.72 Å². The van der Waals surface area contributed by atoms with Crippen LogP contribution in [0, 0.1) is 0 Å². The molecule has 0 radical (unpaired) electrons. The van der Waals surface area contributed by atoms with Crippen LogP contribution in [-0.4, -0.2) is 20.2 Å². The quantitative estimate of drug-likeness (QED) is 0.777. The Bertz CT molecular complexity index is 375. The van der Waals surface area contributed by atoms with Gasteiger partial charge < -0.3 is 5.73 Å². The van der Waals surface area contributed by atoms with Crippen molar-refractivity contribution in [2.45, 2.75) is 12.2 Å². The van der Waals surface area contributed by atoms with Gasteiger partial charge in [0.05, 0.1) is 5.25 Å². The molecule has 1 rings (SSSR count). The molecule has 1 aromatic rings. The third-order valence-electron chi connectivity index (χ3n) is 1.90. The van der Waals surface area contributed by atoms with Crippen LogP contribution in [0.4, 0.5) is 5.69 Å². The van der Waals surface area contributed by atoms with Crippen LogP contribution in [0.3, 0.4) is 0 Å². The van der Waals surface area contributed by atoms with Crippen LogP contribution < -0.4 is 10.5 Å². The monoisotopic (exact) mass is 214 g/mol. The molecule has 0 aliphatic rings. The van der Waals surface area contributed by atoms with Gasteiger partial charge in [-0.05, 0) is 19.1 Å². The summed E-state index contributed by atoms with van der Waals surface area (Å²) in [5.74, 6) is 0. The Morgan fingerprint density at radius 2 is 1.93 bits per heavy atom. The van der Waals surface area contributed by atoms with Crippen molar-refractivity contribution >= 4 is 15.7 Å². The van der Waals surface area contributed by atoms with E-state index in [1.807, 2.05) is 6.07 Å². The van der Waals surface area contributed by atoms with Gasteiger partial charge in [-0.15, -0.1) is 0 Å². The molecule has 0 aromatic heterocycles. The van der Waals surface area contributed by atoms with Gasteiger partial charge in [-0.2, -0.15) is 0 Å². The van der Waals surface area contributed by atoms with Crippen molar-refractivity contribution in [1.29, 1.82) is 0 Å². The molecule has 1 aromatic carbocycles. The van der Waals surface area contributed by atoms with E-state index < -0.39 is 15.3 Å². The highest BCUT2D eigenvalue weighted by Gasteiger charge is 2.18. The summed E-state index contributed by atoms with van der Waals surface area (Å²) in [5.41, 5.74) is 5.86. The van der Waals surface area contributed by atoms with Crippen molar-refractivity contribution < 1.29 is 8.42 Å². The molecule has 0 saturated carbocycles. The first-order chi connectivity index (χ1) is 6.56. The average Bonchev–Trinajstić information content (AvgIpc) is 2.17. The molecular weight excluding hydrogens is 200 g/mol. The number of rotatable bonds is 4. The van der Waals surface area contributed by atoms with Crippen molar-refractivity contribution in [1.82, 2.24) is 0 Å². The van der Waals surface area contributed by atoms with Crippen molar-refractivity contribution in [3.63, 3.8) is 0 Å². The maximum atomic E-state index is 11.5. The normalized spacial score (nSPS) is 13.6. The fourth-order valence-corrected chi connectivity index (χ4v) is 1.82. The highest BCUT2D eigenvalue weighted by molar-refractivity contribution is 7.93. The second kappa shape index (κ2) is 4.43. The molecule has 3 N–H and O–H groups in total. The van der Waals surface area contributed by atoms with Gasteiger partial charge in [0.15, 0.2) is 0 Å². The largest absolute Gasteiger partial charge is 0.329 e. The van der Waals surface area contributed by atoms with E-state index in [4.69, 9.17) is 5.73 Å². The first-order valence-electron chi connectivity index (χ1n) is 4.33. The molecule has 1 unspecified atom stereocenters. The highest BCUT2D eigenvalue weighted by Crippen LogP contribution is 2.10. The molecule has 0 saturated heterocycles. The second-order valence-corrected chi connectivity index (χ2v) is 5.16. The van der Waals surface area contributed by atoms with E-state index in [1.54, 1.807) is 31.2 Å². The van der Waals surface area contributed by atoms with E-state index in [1.165, 1.54) is 0 Å². The van der Waals surface area contributed by atoms with Gasteiger partial charge >= 0.3 is 0 Å². The Morgan fingerprint density at radius 1 is 1.36 bits per heavy atom. The summed E-state index contributed by atoms with van der Waals surface area (Å²) in [4.78, 5) is 0. The first-order valence-corrected chi connectivity index (χ1v) is 5.87. The fraction of sp³-hybridized carbons (Fsp3) is 0.333. The van der Waals surface area contributed by atoms with Crippen molar-refractivity contribution in [3.05, 3.63) is 30.3 Å². The van der Waals surface area contributed by atoms with Gasteiger partial charge in [0.25, 0.3) is 0 Å². The smallest absolute Gasteiger partial charge is 0.236 e. The summed E-state index contributed by atoms with van der Waals surface area (Å²) in [6.45, 7) is 1.69. The predicted octanol–water partition coefficient (Wildman–Crippen LogP) is 0.775. The average molecular weight is 214 g/mol. The molecule has 1 atom stereocenters. The molecule has 0 bridgehead atoms. The number of benzene rings is 1. The molecule has 0 fully saturated rings. The Balaban J connectivity index is 2.79. The molecule has 0 aliphatic heterocycles. The van der Waals surface area contributed by atoms with E-state index in [-0.39, 0.29) is 6.54 Å². The number of anilines is 1. The maximum absolute atomic E-state index is 11.5. The number of sulfonamides is 1. The lowest BCUT2D eigenvalue weighted by Crippen LogP contribution is -2.31. The maximum Gasteiger partial charge on any atom is 0.236 e. The Hall–Kier alpha value is -1.07. The van der Waals surface area contributed by atoms with Gasteiger partial charge in [0.1, 0.15) is 0 Å². The molecule has 5 heteroatoms. The summed E-state index contributed by atoms with van der Waals surface area (Å²) >= 11 is 0. The number of hydrogen-bond donors (Lipinski definition) is 2. The van der Waals surface area contributed by atoms with Crippen LogP contribution in [-0.2, 0) is 10.0 Å². The Labute approximate surface area is 84.2 Å². The van der Waals surface area contributed by atoms with E-state index in [0.29, 0.717) is 5.69 Å². The zero-order valence-electron chi connectivity index (χ0n) is 7.97. The lowest BCUT2D eigenvalue weighted by atomic mass is 10.3. The number of nitrogens with one attached hydrogen (secondary N) is 1. The lowest BCUT2D eigenvalue weighted by molar-refractivity contribution is 0.589. The summed E-state index contributed by atoms with van der Waals surface area (Å²) in [7, 11) is -3.34. The van der Waals surface area contributed by atoms with Crippen molar-refractivity contribution in [2.24, 2.45) is 5.73 Å². The summed E-state index contributed by atoms with van der Waals surface area (Å²) in [6, 6.07) is 8.75. The Morgan fingerprint density at radius 3 is 2.43 bits per heavy atom. The zero-order chi connectivity index (χ0) is 10.6. The van der Waals surface area contributed by atoms with Crippen LogP contribution in [0.15, 0.2) is 30.3 Å². The van der Waals surface area contributed by atoms with E-state index >= 15 is 0 Å². The van der Waals surface area contributed by atoms with Crippen molar-refractivity contribution in [2.75, 3.05) is 11.3 Å². The zero-order valence-corrected chi connectivity index (χ0v) is 8.79. The number of para-hydroxylation sites is 1. The van der Waals surface area contributed by atoms with Gasteiger partial charge in [0, 0.05) is 12.2 Å². The lowest BCUT2D eigenvalue weighted by Gasteiger charge is -2.12. The third kappa shape index (κ3) is 2.71. The summed E-state index contributed by atoms with van der Waals surface area (Å²) < 4.78 is 25.5. The molecule has 0 heterocycles. The molecule has 0 spiro atoms. The molecule has 4 nitrogen and oxygen atoms in total. The van der Waals surface area contributed by atoms with E-state index in [0.717, 1.165) is 0 Å². The van der Waals surface area contributed by atoms with E-state index in [2.05, 4.69) is 4.72 Å². The predicted molar refractivity (Wildman–Crippen MR) is 57.5 cm³/mol. The van der Waals surface area contributed by atoms with Crippen LogP contribution in [0.5, 0.6) is 0 Å². The van der Waals surface area contributed by atoms with E-state index in [9.17, 15) is 8.42 Å². The third-order valence-corrected chi connectivity index (χ3v) is 3.67. The van der Waals surface area contributed by atoms with Gasteiger partial charge in [-0.1, -0.05) is 18.2 Å². The van der Waals surface area contributed by atoms with Crippen LogP contribution >= 0.6 is 0 Å².